The Balaban J connectivity index is 3.01. The predicted octanol–water partition coefficient (Wildman–Crippen LogP) is 2.02. The normalized spacial score (nSPS) is 9.42. The van der Waals surface area contributed by atoms with Gasteiger partial charge >= 0.3 is 0 Å². The molecule has 0 saturated heterocycles. The lowest BCUT2D eigenvalue weighted by atomic mass is 10.2. The third-order valence-corrected chi connectivity index (χ3v) is 1.40. The zero-order valence-electron chi connectivity index (χ0n) is 6.65. The molecule has 0 unspecified atom stereocenters. The van der Waals surface area contributed by atoms with Crippen LogP contribution in [0.25, 0.3) is 5.57 Å². The third kappa shape index (κ3) is 1.66. The van der Waals surface area contributed by atoms with E-state index < -0.39 is 4.92 Å². The molecule has 0 bridgehead atoms. The van der Waals surface area contributed by atoms with E-state index in [0.717, 1.165) is 5.57 Å². The Morgan fingerprint density at radius 3 is 2.67 bits per heavy atom. The Hall–Kier alpha value is -1.71. The highest BCUT2D eigenvalue weighted by atomic mass is 16.6. The van der Waals surface area contributed by atoms with Crippen LogP contribution in [0.15, 0.2) is 24.9 Å². The fourth-order valence-electron chi connectivity index (χ4n) is 0.747. The molecule has 4 heteroatoms. The minimum atomic E-state index is -0.477. The first-order valence-electron chi connectivity index (χ1n) is 3.37. The van der Waals surface area contributed by atoms with Crippen molar-refractivity contribution in [1.29, 1.82) is 0 Å². The van der Waals surface area contributed by atoms with Crippen LogP contribution in [0.2, 0.25) is 0 Å². The lowest BCUT2D eigenvalue weighted by molar-refractivity contribution is -0.385. The first kappa shape index (κ1) is 8.39. The molecule has 0 aliphatic carbocycles. The van der Waals surface area contributed by atoms with Gasteiger partial charge in [-0.25, -0.2) is 4.98 Å². The summed E-state index contributed by atoms with van der Waals surface area (Å²) in [5.74, 6) is 0. The molecule has 1 aromatic heterocycles. The second-order valence-corrected chi connectivity index (χ2v) is 2.44. The lowest BCUT2D eigenvalue weighted by Gasteiger charge is -1.95. The number of rotatable bonds is 2. The highest BCUT2D eigenvalue weighted by molar-refractivity contribution is 5.58. The standard InChI is InChI=1S/C8H8N2O2/c1-6(2)8-4-3-7(5-9-8)10(11)12/h3-5H,1H2,2H3. The van der Waals surface area contributed by atoms with Crippen LogP contribution in [0.4, 0.5) is 5.69 Å². The van der Waals surface area contributed by atoms with E-state index in [9.17, 15) is 10.1 Å². The van der Waals surface area contributed by atoms with Gasteiger partial charge in [0.05, 0.1) is 10.6 Å². The predicted molar refractivity (Wildman–Crippen MR) is 45.6 cm³/mol. The number of pyridine rings is 1. The third-order valence-electron chi connectivity index (χ3n) is 1.40. The van der Waals surface area contributed by atoms with Crippen LogP contribution in [-0.2, 0) is 0 Å². The van der Waals surface area contributed by atoms with E-state index in [1.54, 1.807) is 13.0 Å². The van der Waals surface area contributed by atoms with Crippen molar-refractivity contribution in [1.82, 2.24) is 4.98 Å². The van der Waals surface area contributed by atoms with E-state index in [1.807, 2.05) is 0 Å². The van der Waals surface area contributed by atoms with E-state index in [0.29, 0.717) is 5.69 Å². The number of hydrogen-bond acceptors (Lipinski definition) is 3. The van der Waals surface area contributed by atoms with Crippen LogP contribution in [0, 0.1) is 10.1 Å². The second-order valence-electron chi connectivity index (χ2n) is 2.44. The summed E-state index contributed by atoms with van der Waals surface area (Å²) >= 11 is 0. The molecule has 0 atom stereocenters. The fourth-order valence-corrected chi connectivity index (χ4v) is 0.747. The Morgan fingerprint density at radius 1 is 1.67 bits per heavy atom. The maximum atomic E-state index is 10.2. The van der Waals surface area contributed by atoms with E-state index in [4.69, 9.17) is 0 Å². The fraction of sp³-hybridized carbons (Fsp3) is 0.125. The molecule has 0 saturated carbocycles. The SMILES string of the molecule is C=C(C)c1ccc([N+](=O)[O-])cn1. The summed E-state index contributed by atoms with van der Waals surface area (Å²) in [5, 5.41) is 10.2. The zero-order chi connectivity index (χ0) is 9.14. The van der Waals surface area contributed by atoms with E-state index >= 15 is 0 Å². The highest BCUT2D eigenvalue weighted by Gasteiger charge is 2.04. The summed E-state index contributed by atoms with van der Waals surface area (Å²) in [7, 11) is 0. The number of nitro groups is 1. The van der Waals surface area contributed by atoms with Crippen molar-refractivity contribution < 1.29 is 4.92 Å². The van der Waals surface area contributed by atoms with Crippen molar-refractivity contribution in [3.63, 3.8) is 0 Å². The number of hydrogen-bond donors (Lipinski definition) is 0. The molecule has 1 rings (SSSR count). The first-order chi connectivity index (χ1) is 5.61. The van der Waals surface area contributed by atoms with Gasteiger partial charge in [-0.15, -0.1) is 0 Å². The van der Waals surface area contributed by atoms with Crippen LogP contribution in [0.5, 0.6) is 0 Å². The van der Waals surface area contributed by atoms with Crippen molar-refractivity contribution in [3.05, 3.63) is 40.7 Å². The maximum Gasteiger partial charge on any atom is 0.287 e. The van der Waals surface area contributed by atoms with E-state index in [1.165, 1.54) is 12.3 Å². The summed E-state index contributed by atoms with van der Waals surface area (Å²) in [6.07, 6.45) is 1.23. The molecule has 0 spiro atoms. The summed E-state index contributed by atoms with van der Waals surface area (Å²) in [6.45, 7) is 5.47. The Labute approximate surface area is 69.7 Å². The van der Waals surface area contributed by atoms with Gasteiger partial charge in [-0.05, 0) is 18.6 Å². The molecule has 12 heavy (non-hydrogen) atoms. The monoisotopic (exact) mass is 164 g/mol. The van der Waals surface area contributed by atoms with Crippen molar-refractivity contribution in [2.45, 2.75) is 6.92 Å². The van der Waals surface area contributed by atoms with Gasteiger partial charge in [0.2, 0.25) is 0 Å². The van der Waals surface area contributed by atoms with Crippen LogP contribution in [-0.4, -0.2) is 9.91 Å². The Morgan fingerprint density at radius 2 is 2.33 bits per heavy atom. The minimum absolute atomic E-state index is 0.000000000000000222. The summed E-state index contributed by atoms with van der Waals surface area (Å²) in [5.41, 5.74) is 1.48. The molecule has 1 aromatic rings. The van der Waals surface area contributed by atoms with Gasteiger partial charge in [-0.1, -0.05) is 6.58 Å². The highest BCUT2D eigenvalue weighted by Crippen LogP contribution is 2.12. The number of nitrogens with zero attached hydrogens (tertiary/aromatic N) is 2. The quantitative estimate of drug-likeness (QED) is 0.496. The summed E-state index contributed by atoms with van der Waals surface area (Å²) < 4.78 is 0. The summed E-state index contributed by atoms with van der Waals surface area (Å²) in [4.78, 5) is 13.6. The van der Waals surface area contributed by atoms with Gasteiger partial charge in [0.1, 0.15) is 6.20 Å². The molecule has 62 valence electrons. The largest absolute Gasteiger partial charge is 0.287 e. The van der Waals surface area contributed by atoms with Crippen LogP contribution < -0.4 is 0 Å². The minimum Gasteiger partial charge on any atom is -0.258 e. The van der Waals surface area contributed by atoms with Gasteiger partial charge < -0.3 is 0 Å². The average Bonchev–Trinajstić information content (AvgIpc) is 2.04. The molecule has 0 amide bonds. The number of allylic oxidation sites excluding steroid dienone is 1. The second kappa shape index (κ2) is 3.13. The van der Waals surface area contributed by atoms with Gasteiger partial charge in [-0.2, -0.15) is 0 Å². The van der Waals surface area contributed by atoms with Crippen LogP contribution in [0.3, 0.4) is 0 Å². The molecular weight excluding hydrogens is 156 g/mol. The van der Waals surface area contributed by atoms with Gasteiger partial charge in [0.15, 0.2) is 0 Å². The van der Waals surface area contributed by atoms with Crippen molar-refractivity contribution in [2.24, 2.45) is 0 Å². The molecule has 0 fully saturated rings. The molecule has 4 nitrogen and oxygen atoms in total. The average molecular weight is 164 g/mol. The Kier molecular flexibility index (Phi) is 2.19. The molecule has 1 heterocycles. The molecule has 0 aliphatic rings. The topological polar surface area (TPSA) is 56.0 Å². The van der Waals surface area contributed by atoms with E-state index in [2.05, 4.69) is 11.6 Å². The molecule has 0 aromatic carbocycles. The zero-order valence-corrected chi connectivity index (χ0v) is 6.65. The van der Waals surface area contributed by atoms with Crippen molar-refractivity contribution >= 4 is 11.3 Å². The van der Waals surface area contributed by atoms with Crippen LogP contribution in [0.1, 0.15) is 12.6 Å². The maximum absolute atomic E-state index is 10.2. The van der Waals surface area contributed by atoms with Crippen molar-refractivity contribution in [3.8, 4) is 0 Å². The molecule has 0 radical (unpaired) electrons. The first-order valence-corrected chi connectivity index (χ1v) is 3.37. The van der Waals surface area contributed by atoms with Crippen molar-refractivity contribution in [2.75, 3.05) is 0 Å². The summed E-state index contributed by atoms with van der Waals surface area (Å²) in [6, 6.07) is 3.00. The van der Waals surface area contributed by atoms with Gasteiger partial charge in [-0.3, -0.25) is 10.1 Å². The van der Waals surface area contributed by atoms with E-state index in [-0.39, 0.29) is 5.69 Å². The smallest absolute Gasteiger partial charge is 0.258 e. The van der Waals surface area contributed by atoms with Crippen LogP contribution >= 0.6 is 0 Å². The van der Waals surface area contributed by atoms with Gasteiger partial charge in [0, 0.05) is 6.07 Å². The molecule has 0 N–H and O–H groups in total. The Bertz CT molecular complexity index is 283. The molecular formula is C8H8N2O2. The molecule has 0 aliphatic heterocycles. The lowest BCUT2D eigenvalue weighted by Crippen LogP contribution is -1.90. The number of aromatic nitrogens is 1. The van der Waals surface area contributed by atoms with Gasteiger partial charge in [0.25, 0.3) is 5.69 Å².